The van der Waals surface area contributed by atoms with E-state index in [1.807, 2.05) is 0 Å². The average molecular weight is 417 g/mol. The van der Waals surface area contributed by atoms with E-state index in [4.69, 9.17) is 11.5 Å². The number of aromatic amines is 1. The van der Waals surface area contributed by atoms with Gasteiger partial charge in [-0.3, -0.25) is 4.79 Å². The number of nitrogens with two attached hydrogens (primary N) is 2. The lowest BCUT2D eigenvalue weighted by Gasteiger charge is -2.14. The summed E-state index contributed by atoms with van der Waals surface area (Å²) in [7, 11) is 0. The number of anilines is 1. The van der Waals surface area contributed by atoms with E-state index in [0.717, 1.165) is 22.2 Å². The molecule has 2 aromatic rings. The Hall–Kier alpha value is -2.67. The van der Waals surface area contributed by atoms with Crippen molar-refractivity contribution in [2.75, 3.05) is 18.8 Å². The molecule has 0 saturated carbocycles. The molecule has 3 rings (SSSR count). The fourth-order valence-electron chi connectivity index (χ4n) is 3.23. The minimum atomic E-state index is -0.0629. The zero-order valence-electron chi connectivity index (χ0n) is 14.2. The van der Waals surface area contributed by atoms with Gasteiger partial charge < -0.3 is 26.5 Å². The van der Waals surface area contributed by atoms with Crippen LogP contribution in [-0.2, 0) is 4.79 Å². The maximum absolute atomic E-state index is 11.8. The smallest absolute Gasteiger partial charge is 0.245 e. The standard InChI is InChI=1S/C19H21BrN4O2/c1-2-16(26)24-8-7-11(10-24)18-17(20)13(19(22)23-18)9-14(21)12-5-3-4-6-15(12)25/h2-6,9,11,23,25H,1,7-8,10,21-22H2/b14-9-. The van der Waals surface area contributed by atoms with Gasteiger partial charge in [0.25, 0.3) is 0 Å². The largest absolute Gasteiger partial charge is 0.507 e. The average Bonchev–Trinajstić information content (AvgIpc) is 3.21. The molecule has 0 aliphatic carbocycles. The van der Waals surface area contributed by atoms with Crippen molar-refractivity contribution < 1.29 is 9.90 Å². The van der Waals surface area contributed by atoms with Crippen LogP contribution in [0.4, 0.5) is 5.82 Å². The summed E-state index contributed by atoms with van der Waals surface area (Å²) in [4.78, 5) is 16.8. The van der Waals surface area contributed by atoms with Crippen LogP contribution < -0.4 is 11.5 Å². The number of nitrogens with zero attached hydrogens (tertiary/aromatic N) is 1. The summed E-state index contributed by atoms with van der Waals surface area (Å²) >= 11 is 3.61. The van der Waals surface area contributed by atoms with Crippen LogP contribution in [0.15, 0.2) is 41.4 Å². The van der Waals surface area contributed by atoms with E-state index < -0.39 is 0 Å². The number of H-pyrrole nitrogens is 1. The normalized spacial score (nSPS) is 17.5. The zero-order valence-corrected chi connectivity index (χ0v) is 15.8. The third-order valence-corrected chi connectivity index (χ3v) is 5.48. The quantitative estimate of drug-likeness (QED) is 0.574. The third kappa shape index (κ3) is 3.35. The molecule has 1 aliphatic rings. The molecule has 1 unspecified atom stereocenters. The summed E-state index contributed by atoms with van der Waals surface area (Å²) in [5, 5.41) is 9.96. The van der Waals surface area contributed by atoms with Gasteiger partial charge >= 0.3 is 0 Å². The van der Waals surface area contributed by atoms with Crippen molar-refractivity contribution in [3.8, 4) is 5.75 Å². The summed E-state index contributed by atoms with van der Waals surface area (Å²) < 4.78 is 0.825. The first kappa shape index (κ1) is 18.1. The maximum atomic E-state index is 11.8. The topological polar surface area (TPSA) is 108 Å². The Labute approximate surface area is 160 Å². The fourth-order valence-corrected chi connectivity index (χ4v) is 3.98. The summed E-state index contributed by atoms with van der Waals surface area (Å²) in [6.07, 6.45) is 3.91. The minimum Gasteiger partial charge on any atom is -0.507 e. The first-order valence-corrected chi connectivity index (χ1v) is 9.05. The molecule has 2 heterocycles. The molecule has 0 bridgehead atoms. The maximum Gasteiger partial charge on any atom is 0.245 e. The van der Waals surface area contributed by atoms with Crippen LogP contribution in [0.5, 0.6) is 5.75 Å². The van der Waals surface area contributed by atoms with E-state index in [1.54, 1.807) is 35.2 Å². The summed E-state index contributed by atoms with van der Waals surface area (Å²) in [6, 6.07) is 6.87. The molecule has 0 spiro atoms. The molecular weight excluding hydrogens is 396 g/mol. The highest BCUT2D eigenvalue weighted by atomic mass is 79.9. The number of hydrogen-bond acceptors (Lipinski definition) is 4. The number of halogens is 1. The monoisotopic (exact) mass is 416 g/mol. The van der Waals surface area contributed by atoms with Crippen LogP contribution in [0.3, 0.4) is 0 Å². The van der Waals surface area contributed by atoms with E-state index in [9.17, 15) is 9.90 Å². The van der Waals surface area contributed by atoms with Crippen molar-refractivity contribution in [2.24, 2.45) is 5.73 Å². The molecule has 1 atom stereocenters. The van der Waals surface area contributed by atoms with E-state index in [1.165, 1.54) is 6.08 Å². The lowest BCUT2D eigenvalue weighted by Crippen LogP contribution is -2.26. The molecule has 7 heteroatoms. The second kappa shape index (κ2) is 7.29. The highest BCUT2D eigenvalue weighted by molar-refractivity contribution is 9.10. The molecule has 1 aromatic heterocycles. The molecule has 1 aromatic carbocycles. The first-order chi connectivity index (χ1) is 12.4. The second-order valence-electron chi connectivity index (χ2n) is 6.27. The van der Waals surface area contributed by atoms with E-state index in [-0.39, 0.29) is 17.6 Å². The van der Waals surface area contributed by atoms with E-state index in [2.05, 4.69) is 27.5 Å². The van der Waals surface area contributed by atoms with Crippen LogP contribution in [0.2, 0.25) is 0 Å². The molecular formula is C19H21BrN4O2. The Bertz CT molecular complexity index is 888. The van der Waals surface area contributed by atoms with Gasteiger partial charge in [-0.05, 0) is 46.6 Å². The van der Waals surface area contributed by atoms with E-state index in [0.29, 0.717) is 30.2 Å². The van der Waals surface area contributed by atoms with Gasteiger partial charge in [-0.1, -0.05) is 18.7 Å². The molecule has 1 fully saturated rings. The summed E-state index contributed by atoms with van der Waals surface area (Å²) in [5.74, 6) is 0.691. The number of rotatable bonds is 4. The van der Waals surface area contributed by atoms with Gasteiger partial charge in [0.2, 0.25) is 5.91 Å². The number of amides is 1. The Morgan fingerprint density at radius 1 is 1.42 bits per heavy atom. The van der Waals surface area contributed by atoms with Crippen molar-refractivity contribution in [1.82, 2.24) is 9.88 Å². The van der Waals surface area contributed by atoms with Gasteiger partial charge in [0, 0.05) is 46.0 Å². The van der Waals surface area contributed by atoms with Crippen molar-refractivity contribution in [2.45, 2.75) is 12.3 Å². The van der Waals surface area contributed by atoms with Crippen LogP contribution in [-0.4, -0.2) is 34.0 Å². The number of phenolic OH excluding ortho intramolecular Hbond substituents is 1. The zero-order chi connectivity index (χ0) is 18.8. The van der Waals surface area contributed by atoms with Gasteiger partial charge in [-0.15, -0.1) is 0 Å². The van der Waals surface area contributed by atoms with Crippen molar-refractivity contribution in [3.05, 3.63) is 58.2 Å². The number of para-hydroxylation sites is 1. The number of hydrogen-bond donors (Lipinski definition) is 4. The second-order valence-corrected chi connectivity index (χ2v) is 7.06. The molecule has 26 heavy (non-hydrogen) atoms. The number of carbonyl (C=O) groups is 1. The van der Waals surface area contributed by atoms with E-state index >= 15 is 0 Å². The first-order valence-electron chi connectivity index (χ1n) is 8.26. The summed E-state index contributed by atoms with van der Waals surface area (Å²) in [6.45, 7) is 4.84. The van der Waals surface area contributed by atoms with Crippen LogP contribution in [0.25, 0.3) is 11.8 Å². The number of benzene rings is 1. The predicted octanol–water partition coefficient (Wildman–Crippen LogP) is 3.02. The third-order valence-electron chi connectivity index (χ3n) is 4.63. The molecule has 6 N–H and O–H groups in total. The lowest BCUT2D eigenvalue weighted by molar-refractivity contribution is -0.125. The number of nitrogens with one attached hydrogen (secondary N) is 1. The molecule has 1 amide bonds. The van der Waals surface area contributed by atoms with Gasteiger partial charge in [0.1, 0.15) is 11.6 Å². The fraction of sp³-hybridized carbons (Fsp3) is 0.211. The van der Waals surface area contributed by atoms with Crippen molar-refractivity contribution in [1.29, 1.82) is 0 Å². The molecule has 1 saturated heterocycles. The van der Waals surface area contributed by atoms with Crippen molar-refractivity contribution >= 4 is 39.4 Å². The Kier molecular flexibility index (Phi) is 5.08. The SMILES string of the molecule is C=CC(=O)N1CCC(c2[nH]c(N)c(/C=C(\N)c3ccccc3O)c2Br)C1. The molecule has 0 radical (unpaired) electrons. The Morgan fingerprint density at radius 3 is 2.85 bits per heavy atom. The van der Waals surface area contributed by atoms with Crippen molar-refractivity contribution in [3.63, 3.8) is 0 Å². The molecule has 136 valence electrons. The van der Waals surface area contributed by atoms with Gasteiger partial charge in [0.05, 0.1) is 0 Å². The molecule has 1 aliphatic heterocycles. The number of phenols is 1. The highest BCUT2D eigenvalue weighted by Gasteiger charge is 2.29. The van der Waals surface area contributed by atoms with Gasteiger partial charge in [0.15, 0.2) is 0 Å². The van der Waals surface area contributed by atoms with Crippen LogP contribution >= 0.6 is 15.9 Å². The lowest BCUT2D eigenvalue weighted by atomic mass is 10.0. The number of nitrogen functional groups attached to an aromatic ring is 1. The van der Waals surface area contributed by atoms with Crippen LogP contribution in [0.1, 0.15) is 29.2 Å². The number of aromatic nitrogens is 1. The number of aromatic hydroxyl groups is 1. The highest BCUT2D eigenvalue weighted by Crippen LogP contribution is 2.38. The molecule has 6 nitrogen and oxygen atoms in total. The summed E-state index contributed by atoms with van der Waals surface area (Å²) in [5.41, 5.74) is 14.9. The van der Waals surface area contributed by atoms with Gasteiger partial charge in [-0.2, -0.15) is 0 Å². The minimum absolute atomic E-state index is 0.0629. The number of likely N-dealkylation sites (tertiary alicyclic amines) is 1. The Balaban J connectivity index is 1.90. The van der Waals surface area contributed by atoms with Crippen LogP contribution in [0, 0.1) is 0 Å². The van der Waals surface area contributed by atoms with Gasteiger partial charge in [-0.25, -0.2) is 0 Å². The Morgan fingerprint density at radius 2 is 2.15 bits per heavy atom. The number of carbonyl (C=O) groups excluding carboxylic acids is 1. The predicted molar refractivity (Wildman–Crippen MR) is 107 cm³/mol.